The van der Waals surface area contributed by atoms with E-state index in [0.717, 1.165) is 122 Å². The van der Waals surface area contributed by atoms with E-state index in [2.05, 4.69) is 149 Å². The number of carbonyl (C=O) groups excluding carboxylic acids is 1. The lowest BCUT2D eigenvalue weighted by Gasteiger charge is -2.34. The molecule has 8 rings (SSSR count). The Labute approximate surface area is 459 Å². The predicted molar refractivity (Wildman–Crippen MR) is 314 cm³/mol. The first-order chi connectivity index (χ1) is 34.4. The smallest absolute Gasteiger partial charge is 0.222 e. The molecule has 0 aliphatic carbocycles. The second-order valence-electron chi connectivity index (χ2n) is 24.4. The van der Waals surface area contributed by atoms with Crippen LogP contribution in [-0.4, -0.2) is 211 Å². The van der Waals surface area contributed by atoms with Crippen LogP contribution in [0, 0.1) is 17.8 Å². The number of nitrogens with zero attached hydrogens (tertiary/aromatic N) is 7. The summed E-state index contributed by atoms with van der Waals surface area (Å²) < 4.78 is 45.0. The molecule has 0 aromatic carbocycles. The molecule has 1 unspecified atom stereocenters. The first kappa shape index (κ1) is 70.6. The van der Waals surface area contributed by atoms with Gasteiger partial charge in [-0.15, -0.1) is 11.8 Å². The van der Waals surface area contributed by atoms with Crippen molar-refractivity contribution >= 4 is 38.6 Å². The number of morpholine rings is 1. The molecule has 438 valence electrons. The van der Waals surface area contributed by atoms with Gasteiger partial charge in [0.25, 0.3) is 0 Å². The van der Waals surface area contributed by atoms with Crippen molar-refractivity contribution in [3.8, 4) is 0 Å². The Hall–Kier alpha value is -1.41. The third-order valence-electron chi connectivity index (χ3n) is 13.6. The van der Waals surface area contributed by atoms with E-state index in [0.29, 0.717) is 60.2 Å². The summed E-state index contributed by atoms with van der Waals surface area (Å²) in [5.74, 6) is 4.36. The maximum Gasteiger partial charge on any atom is 0.222 e. The van der Waals surface area contributed by atoms with Gasteiger partial charge in [-0.3, -0.25) is 14.7 Å². The van der Waals surface area contributed by atoms with Crippen molar-refractivity contribution in [2.75, 3.05) is 104 Å². The maximum atomic E-state index is 11.1. The van der Waals surface area contributed by atoms with E-state index in [1.54, 1.807) is 4.31 Å². The fraction of sp³-hybridized carbons (Fsp3) is 0.947. The van der Waals surface area contributed by atoms with Gasteiger partial charge >= 0.3 is 0 Å². The molecule has 0 aromatic rings. The van der Waals surface area contributed by atoms with Gasteiger partial charge in [-0.05, 0) is 148 Å². The molecule has 0 spiro atoms. The van der Waals surface area contributed by atoms with Crippen LogP contribution in [0.1, 0.15) is 177 Å². The molecule has 1 atom stereocenters. The van der Waals surface area contributed by atoms with E-state index in [-0.39, 0.29) is 23.2 Å². The zero-order chi connectivity index (χ0) is 56.4. The van der Waals surface area contributed by atoms with E-state index < -0.39 is 10.0 Å². The number of piperidine rings is 1. The molecular formula is C57H115N7O8S2. The Bertz CT molecular complexity index is 1610. The van der Waals surface area contributed by atoms with E-state index in [1.807, 2.05) is 30.5 Å². The number of carbonyl (C=O) groups is 1. The van der Waals surface area contributed by atoms with Crippen LogP contribution in [-0.2, 0) is 33.8 Å². The Morgan fingerprint density at radius 3 is 1.41 bits per heavy atom. The Morgan fingerprint density at radius 1 is 0.608 bits per heavy atom. The average Bonchev–Trinajstić information content (AvgIpc) is 4.10. The van der Waals surface area contributed by atoms with Gasteiger partial charge in [0.2, 0.25) is 15.9 Å². The molecule has 0 aromatic heterocycles. The van der Waals surface area contributed by atoms with Gasteiger partial charge in [-0.2, -0.15) is 4.31 Å². The number of hydrogen-bond donors (Lipinski definition) is 1. The lowest BCUT2D eigenvalue weighted by molar-refractivity contribution is -0.129. The third-order valence-corrected chi connectivity index (χ3v) is 17.5. The van der Waals surface area contributed by atoms with Gasteiger partial charge in [0.15, 0.2) is 5.90 Å². The third kappa shape index (κ3) is 29.5. The zero-order valence-electron chi connectivity index (χ0n) is 51.1. The van der Waals surface area contributed by atoms with Crippen molar-refractivity contribution < 1.29 is 37.3 Å². The van der Waals surface area contributed by atoms with Crippen molar-refractivity contribution in [3.63, 3.8) is 0 Å². The summed E-state index contributed by atoms with van der Waals surface area (Å²) in [4.78, 5) is 29.2. The van der Waals surface area contributed by atoms with E-state index in [4.69, 9.17) is 18.9 Å². The molecule has 8 aliphatic rings. The molecule has 1 N–H and O–H groups in total. The number of rotatable bonds is 8. The van der Waals surface area contributed by atoms with Crippen molar-refractivity contribution in [1.29, 1.82) is 0 Å². The molecular weight excluding hydrogens is 975 g/mol. The molecule has 8 heterocycles. The maximum absolute atomic E-state index is 11.1. The summed E-state index contributed by atoms with van der Waals surface area (Å²) >= 11 is 1.91. The van der Waals surface area contributed by atoms with Gasteiger partial charge in [-0.25, -0.2) is 13.4 Å². The number of aliphatic hydroxyl groups is 1. The highest BCUT2D eigenvalue weighted by molar-refractivity contribution is 8.14. The number of ether oxygens (including phenoxy) is 4. The summed E-state index contributed by atoms with van der Waals surface area (Å²) in [6.07, 6.45) is 6.23. The Kier molecular flexibility index (Phi) is 34.3. The van der Waals surface area contributed by atoms with Gasteiger partial charge in [-0.1, -0.05) is 41.5 Å². The Morgan fingerprint density at radius 2 is 1.16 bits per heavy atom. The molecule has 74 heavy (non-hydrogen) atoms. The second kappa shape index (κ2) is 36.0. The lowest BCUT2D eigenvalue weighted by Crippen LogP contribution is -2.41. The summed E-state index contributed by atoms with van der Waals surface area (Å²) in [6.45, 7) is 56.3. The number of likely N-dealkylation sites (tertiary alicyclic amines) is 3. The Balaban J connectivity index is 0.000000424. The van der Waals surface area contributed by atoms with E-state index >= 15 is 0 Å². The molecule has 8 aliphatic heterocycles. The number of amides is 1. The minimum atomic E-state index is -2.85. The number of thioether (sulfide) groups is 1. The highest BCUT2D eigenvalue weighted by Crippen LogP contribution is 2.30. The fourth-order valence-electron chi connectivity index (χ4n) is 8.52. The molecule has 1 amide bonds. The van der Waals surface area contributed by atoms with Crippen LogP contribution in [0.5, 0.6) is 0 Å². The van der Waals surface area contributed by atoms with E-state index in [9.17, 15) is 18.3 Å². The molecule has 17 heteroatoms. The number of hydrogen-bond acceptors (Lipinski definition) is 14. The van der Waals surface area contributed by atoms with Crippen LogP contribution in [0.4, 0.5) is 0 Å². The van der Waals surface area contributed by atoms with Crippen LogP contribution in [0.2, 0.25) is 0 Å². The van der Waals surface area contributed by atoms with Crippen LogP contribution in [0.25, 0.3) is 0 Å². The fourth-order valence-corrected chi connectivity index (χ4v) is 11.5. The summed E-state index contributed by atoms with van der Waals surface area (Å²) in [7, 11) is -2.85. The van der Waals surface area contributed by atoms with Crippen LogP contribution in [0.3, 0.4) is 0 Å². The summed E-state index contributed by atoms with van der Waals surface area (Å²) in [5, 5.41) is 10.5. The van der Waals surface area contributed by atoms with Gasteiger partial charge in [0, 0.05) is 93.5 Å². The monoisotopic (exact) mass is 1090 g/mol. The minimum absolute atomic E-state index is 0.0135. The summed E-state index contributed by atoms with van der Waals surface area (Å²) in [6, 6.07) is 2.66. The highest BCUT2D eigenvalue weighted by atomic mass is 32.2. The van der Waals surface area contributed by atoms with Crippen molar-refractivity contribution in [2.45, 2.75) is 230 Å². The zero-order valence-corrected chi connectivity index (χ0v) is 52.7. The average molecular weight is 1090 g/mol. The molecule has 0 saturated carbocycles. The largest absolute Gasteiger partial charge is 0.478 e. The number of sulfonamides is 1. The topological polar surface area (TPSA) is 149 Å². The van der Waals surface area contributed by atoms with E-state index in [1.165, 1.54) is 24.6 Å². The quantitative estimate of drug-likeness (QED) is 0.247. The number of aliphatic hydroxyl groups excluding tert-OH is 1. The highest BCUT2D eigenvalue weighted by Gasteiger charge is 2.30. The SMILES string of the molecule is CC(C)C1=NC(C)(C)CO1.CC(C)C1=NC(C)(C)CS1.CC(C)C1COCCO1.CC(C)N1CCC(O)CC1.CC(C)N1CCC1.CC(C)N1CCCC1=O.CC(C)N1CCCS1(=O)=O.CC(C)N1CCOCC1. The minimum Gasteiger partial charge on any atom is -0.478 e. The van der Waals surface area contributed by atoms with Crippen molar-refractivity contribution in [2.24, 2.45) is 27.7 Å². The predicted octanol–water partition coefficient (Wildman–Crippen LogP) is 9.60. The van der Waals surface area contributed by atoms with Crippen LogP contribution >= 0.6 is 11.8 Å². The van der Waals surface area contributed by atoms with Gasteiger partial charge < -0.3 is 38.8 Å². The van der Waals surface area contributed by atoms with Crippen LogP contribution in [0.15, 0.2) is 9.98 Å². The molecule has 15 nitrogen and oxygen atoms in total. The molecule has 6 saturated heterocycles. The first-order valence-corrected chi connectivity index (χ1v) is 31.4. The van der Waals surface area contributed by atoms with Gasteiger partial charge in [0.1, 0.15) is 6.61 Å². The normalized spacial score (nSPS) is 23.9. The van der Waals surface area contributed by atoms with Crippen molar-refractivity contribution in [3.05, 3.63) is 0 Å². The van der Waals surface area contributed by atoms with Crippen LogP contribution < -0.4 is 0 Å². The van der Waals surface area contributed by atoms with Crippen molar-refractivity contribution in [1.82, 2.24) is 23.9 Å². The molecule has 6 fully saturated rings. The molecule has 0 bridgehead atoms. The number of aliphatic imine (C=N–C) groups is 2. The second-order valence-corrected chi connectivity index (χ2v) is 27.4. The first-order valence-electron chi connectivity index (χ1n) is 28.8. The summed E-state index contributed by atoms with van der Waals surface area (Å²) in [5.41, 5.74) is 0.212. The standard InChI is InChI=1S/C8H15NO.C8H17NO.C8H15NS.C7H15NO.C7H13NO.C7H14O2.C6H13NO2S.C6H13N/c1-6(2)7-9-8(3,4)5-10-7;1-7(2)9-5-3-8(10)4-6-9;1-6(2)7-9-8(3,4)5-10-7;1-7(2)8-3-5-9-6-4-8;1-6(2)8-5-3-4-7(8)9;1-6(2)7-5-8-3-4-9-7;1-6(2)7-4-3-5-10(7,8)9;1-6(2)7-4-3-5-7/h6H,5H2,1-4H3;7-8,10H,3-6H2,1-2H3;6H,5H2,1-4H3;7H,3-6H2,1-2H3;6H,3-5H2,1-2H3;6-7H,3-5H2,1-2H3;6H,3-5H2,1-2H3;6H,3-5H2,1-2H3. The lowest BCUT2D eigenvalue weighted by atomic mass is 10.1. The molecule has 0 radical (unpaired) electrons. The van der Waals surface area contributed by atoms with Gasteiger partial charge in [0.05, 0.1) is 67.1 Å².